The van der Waals surface area contributed by atoms with Crippen molar-refractivity contribution in [1.82, 2.24) is 10.2 Å². The fraction of sp³-hybridized carbons (Fsp3) is 1.00. The van der Waals surface area contributed by atoms with Crippen molar-refractivity contribution in [3.8, 4) is 0 Å². The van der Waals surface area contributed by atoms with Crippen LogP contribution in [-0.4, -0.2) is 48.3 Å². The highest BCUT2D eigenvalue weighted by molar-refractivity contribution is 4.90. The van der Waals surface area contributed by atoms with E-state index in [1.165, 1.54) is 25.8 Å². The van der Waals surface area contributed by atoms with E-state index in [0.717, 1.165) is 19.1 Å². The molecule has 2 saturated heterocycles. The molecule has 2 heterocycles. The highest BCUT2D eigenvalue weighted by Crippen LogP contribution is 2.28. The van der Waals surface area contributed by atoms with Crippen LogP contribution in [0.5, 0.6) is 0 Å². The third-order valence-electron chi connectivity index (χ3n) is 3.89. The van der Waals surface area contributed by atoms with Crippen LogP contribution >= 0.6 is 0 Å². The van der Waals surface area contributed by atoms with Gasteiger partial charge >= 0.3 is 0 Å². The van der Waals surface area contributed by atoms with Crippen LogP contribution in [0.2, 0.25) is 0 Å². The summed E-state index contributed by atoms with van der Waals surface area (Å²) in [4.78, 5) is 2.55. The molecule has 82 valence electrons. The molecule has 0 aromatic heterocycles. The quantitative estimate of drug-likeness (QED) is 0.676. The second-order valence-electron chi connectivity index (χ2n) is 4.73. The van der Waals surface area contributed by atoms with E-state index in [4.69, 9.17) is 0 Å². The largest absolute Gasteiger partial charge is 0.395 e. The van der Waals surface area contributed by atoms with Gasteiger partial charge in [0.25, 0.3) is 0 Å². The minimum absolute atomic E-state index is 0.338. The molecule has 0 aromatic rings. The Morgan fingerprint density at radius 2 is 2.00 bits per heavy atom. The van der Waals surface area contributed by atoms with Crippen LogP contribution in [0.4, 0.5) is 0 Å². The number of piperidine rings is 1. The monoisotopic (exact) mass is 198 g/mol. The molecule has 0 saturated carbocycles. The van der Waals surface area contributed by atoms with Gasteiger partial charge in [-0.3, -0.25) is 4.90 Å². The Kier molecular flexibility index (Phi) is 3.42. The Hall–Kier alpha value is -0.120. The van der Waals surface area contributed by atoms with Gasteiger partial charge in [0, 0.05) is 12.1 Å². The molecule has 2 unspecified atom stereocenters. The van der Waals surface area contributed by atoms with Gasteiger partial charge in [-0.15, -0.1) is 0 Å². The van der Waals surface area contributed by atoms with Crippen molar-refractivity contribution in [3.05, 3.63) is 0 Å². The van der Waals surface area contributed by atoms with Crippen LogP contribution in [0.3, 0.4) is 0 Å². The van der Waals surface area contributed by atoms with Crippen LogP contribution in [0, 0.1) is 5.92 Å². The highest BCUT2D eigenvalue weighted by Gasteiger charge is 2.35. The number of nitrogens with zero attached hydrogens (tertiary/aromatic N) is 1. The molecule has 0 bridgehead atoms. The maximum Gasteiger partial charge on any atom is 0.0589 e. The predicted octanol–water partition coefficient (Wildman–Crippen LogP) is 0.441. The third-order valence-corrected chi connectivity index (χ3v) is 3.89. The Morgan fingerprint density at radius 3 is 2.64 bits per heavy atom. The topological polar surface area (TPSA) is 35.5 Å². The molecule has 2 fully saturated rings. The summed E-state index contributed by atoms with van der Waals surface area (Å²) in [7, 11) is 0. The molecule has 3 heteroatoms. The molecule has 0 aliphatic carbocycles. The van der Waals surface area contributed by atoms with Crippen molar-refractivity contribution in [2.75, 3.05) is 26.2 Å². The predicted molar refractivity (Wildman–Crippen MR) is 57.3 cm³/mol. The molecule has 0 radical (unpaired) electrons. The zero-order chi connectivity index (χ0) is 9.97. The van der Waals surface area contributed by atoms with Crippen LogP contribution in [0.25, 0.3) is 0 Å². The number of likely N-dealkylation sites (tertiary alicyclic amines) is 1. The average molecular weight is 198 g/mol. The van der Waals surface area contributed by atoms with Gasteiger partial charge in [-0.25, -0.2) is 0 Å². The molecule has 2 atom stereocenters. The van der Waals surface area contributed by atoms with E-state index in [2.05, 4.69) is 17.1 Å². The number of rotatable bonds is 2. The Morgan fingerprint density at radius 1 is 1.29 bits per heavy atom. The smallest absolute Gasteiger partial charge is 0.0589 e. The summed E-state index contributed by atoms with van der Waals surface area (Å²) in [6, 6.07) is 1.15. The minimum Gasteiger partial charge on any atom is -0.395 e. The van der Waals surface area contributed by atoms with Crippen molar-refractivity contribution in [1.29, 1.82) is 0 Å². The molecule has 2 aliphatic rings. The van der Waals surface area contributed by atoms with Crippen molar-refractivity contribution in [2.24, 2.45) is 5.92 Å². The molecule has 2 N–H and O–H groups in total. The number of hydrogen-bond donors (Lipinski definition) is 2. The summed E-state index contributed by atoms with van der Waals surface area (Å²) in [5.74, 6) is 0.676. The second-order valence-corrected chi connectivity index (χ2v) is 4.73. The lowest BCUT2D eigenvalue weighted by atomic mass is 10.0. The first kappa shape index (κ1) is 10.4. The Balaban J connectivity index is 1.95. The fourth-order valence-corrected chi connectivity index (χ4v) is 2.91. The van der Waals surface area contributed by atoms with E-state index >= 15 is 0 Å². The van der Waals surface area contributed by atoms with Crippen LogP contribution in [-0.2, 0) is 0 Å². The summed E-state index contributed by atoms with van der Waals surface area (Å²) in [5, 5.41) is 12.8. The molecule has 14 heavy (non-hydrogen) atoms. The third kappa shape index (κ3) is 1.95. The van der Waals surface area contributed by atoms with E-state index < -0.39 is 0 Å². The van der Waals surface area contributed by atoms with Gasteiger partial charge in [0.05, 0.1) is 6.61 Å². The van der Waals surface area contributed by atoms with E-state index in [0.29, 0.717) is 18.6 Å². The molecule has 2 aliphatic heterocycles. The van der Waals surface area contributed by atoms with E-state index in [1.807, 2.05) is 0 Å². The molecule has 0 aromatic carbocycles. The number of aliphatic hydroxyl groups is 1. The number of nitrogens with one attached hydrogen (secondary N) is 1. The molecule has 3 nitrogen and oxygen atoms in total. The van der Waals surface area contributed by atoms with Gasteiger partial charge in [0.1, 0.15) is 0 Å². The van der Waals surface area contributed by atoms with E-state index in [-0.39, 0.29) is 0 Å². The van der Waals surface area contributed by atoms with Crippen molar-refractivity contribution in [2.45, 2.75) is 38.3 Å². The van der Waals surface area contributed by atoms with Gasteiger partial charge in [-0.2, -0.15) is 0 Å². The zero-order valence-electron chi connectivity index (χ0n) is 9.08. The van der Waals surface area contributed by atoms with Crippen LogP contribution in [0.1, 0.15) is 26.2 Å². The Bertz CT molecular complexity index is 180. The maximum atomic E-state index is 9.38. The van der Waals surface area contributed by atoms with Crippen molar-refractivity contribution < 1.29 is 5.11 Å². The fourth-order valence-electron chi connectivity index (χ4n) is 2.91. The normalized spacial score (nSPS) is 36.4. The summed E-state index contributed by atoms with van der Waals surface area (Å²) in [6.45, 7) is 6.09. The van der Waals surface area contributed by atoms with Crippen molar-refractivity contribution in [3.63, 3.8) is 0 Å². The van der Waals surface area contributed by atoms with Gasteiger partial charge in [-0.05, 0) is 44.8 Å². The summed E-state index contributed by atoms with van der Waals surface area (Å²) < 4.78 is 0. The van der Waals surface area contributed by atoms with E-state index in [9.17, 15) is 5.11 Å². The maximum absolute atomic E-state index is 9.38. The first-order valence-electron chi connectivity index (χ1n) is 5.90. The molecule has 0 spiro atoms. The minimum atomic E-state index is 0.338. The molecule has 0 amide bonds. The van der Waals surface area contributed by atoms with Gasteiger partial charge in [0.15, 0.2) is 0 Å². The summed E-state index contributed by atoms with van der Waals surface area (Å²) in [5.41, 5.74) is 0. The van der Waals surface area contributed by atoms with Crippen LogP contribution < -0.4 is 5.32 Å². The summed E-state index contributed by atoms with van der Waals surface area (Å²) in [6.07, 6.45) is 3.77. The highest BCUT2D eigenvalue weighted by atomic mass is 16.3. The van der Waals surface area contributed by atoms with Gasteiger partial charge < -0.3 is 10.4 Å². The first-order valence-corrected chi connectivity index (χ1v) is 5.90. The van der Waals surface area contributed by atoms with Crippen molar-refractivity contribution >= 4 is 0 Å². The zero-order valence-corrected chi connectivity index (χ0v) is 9.08. The molecular weight excluding hydrogens is 176 g/mol. The second kappa shape index (κ2) is 4.60. The average Bonchev–Trinajstić information content (AvgIpc) is 2.61. The molecular formula is C11H22N2O. The number of hydrogen-bond acceptors (Lipinski definition) is 3. The lowest BCUT2D eigenvalue weighted by Gasteiger charge is -2.36. The van der Waals surface area contributed by atoms with E-state index in [1.54, 1.807) is 0 Å². The lowest BCUT2D eigenvalue weighted by Crippen LogP contribution is -2.47. The molecule has 2 rings (SSSR count). The SMILES string of the molecule is CC1CCN(C2CCNCC2)C1CO. The standard InChI is InChI=1S/C11H22N2O/c1-9-4-7-13(11(9)8-14)10-2-5-12-6-3-10/h9-12,14H,2-8H2,1H3. The first-order chi connectivity index (χ1) is 6.83. The summed E-state index contributed by atoms with van der Waals surface area (Å²) >= 11 is 0. The lowest BCUT2D eigenvalue weighted by molar-refractivity contribution is 0.0876. The van der Waals surface area contributed by atoms with Gasteiger partial charge in [-0.1, -0.05) is 6.92 Å². The number of aliphatic hydroxyl groups excluding tert-OH is 1. The van der Waals surface area contributed by atoms with Gasteiger partial charge in [0.2, 0.25) is 0 Å². The van der Waals surface area contributed by atoms with Crippen LogP contribution in [0.15, 0.2) is 0 Å². The Labute approximate surface area is 86.5 Å².